The van der Waals surface area contributed by atoms with E-state index in [-0.39, 0.29) is 5.66 Å². The van der Waals surface area contributed by atoms with Gasteiger partial charge in [0.1, 0.15) is 5.66 Å². The second kappa shape index (κ2) is 4.45. The zero-order valence-corrected chi connectivity index (χ0v) is 10.4. The first-order chi connectivity index (χ1) is 6.48. The highest BCUT2D eigenvalue weighted by molar-refractivity contribution is 7.80. The summed E-state index contributed by atoms with van der Waals surface area (Å²) in [7, 11) is 0. The Labute approximate surface area is 92.2 Å². The Morgan fingerprint density at radius 1 is 1.50 bits per heavy atom. The summed E-state index contributed by atoms with van der Waals surface area (Å²) in [5.41, 5.74) is 3.39. The molecule has 1 saturated heterocycles. The molecular formula is C10H21N3S. The van der Waals surface area contributed by atoms with E-state index in [9.17, 15) is 0 Å². The number of hydrazine groups is 1. The lowest BCUT2D eigenvalue weighted by molar-refractivity contribution is 0.190. The summed E-state index contributed by atoms with van der Waals surface area (Å²) in [5, 5.41) is 6.19. The molecule has 0 aromatic rings. The highest BCUT2D eigenvalue weighted by atomic mass is 32.1. The van der Waals surface area contributed by atoms with Crippen molar-refractivity contribution in [1.29, 1.82) is 0 Å². The van der Waals surface area contributed by atoms with Gasteiger partial charge in [0.2, 0.25) is 0 Å². The van der Waals surface area contributed by atoms with Gasteiger partial charge in [-0.25, -0.2) is 5.43 Å². The molecule has 1 aliphatic rings. The largest absolute Gasteiger partial charge is 0.342 e. The number of hydrogen-bond acceptors (Lipinski definition) is 2. The van der Waals surface area contributed by atoms with Gasteiger partial charge in [-0.3, -0.25) is 5.01 Å². The lowest BCUT2D eigenvalue weighted by Crippen LogP contribution is -2.49. The van der Waals surface area contributed by atoms with Crippen LogP contribution < -0.4 is 10.7 Å². The second-order valence-corrected chi connectivity index (χ2v) is 4.83. The van der Waals surface area contributed by atoms with E-state index in [1.54, 1.807) is 0 Å². The second-order valence-electron chi connectivity index (χ2n) is 4.44. The summed E-state index contributed by atoms with van der Waals surface area (Å²) in [4.78, 5) is 0. The number of nitrogens with zero attached hydrogens (tertiary/aromatic N) is 1. The standard InChI is InChI=1S/C10H21N3S/c1-5-6-7-10(4)11-9(14)13(12-10)8(2)3/h8,12H,5-7H2,1-4H3,(H,11,14)/t10-/m0/s1. The minimum Gasteiger partial charge on any atom is -0.342 e. The molecule has 1 rings (SSSR count). The molecule has 0 bridgehead atoms. The van der Waals surface area contributed by atoms with Crippen LogP contribution in [-0.4, -0.2) is 21.8 Å². The molecule has 82 valence electrons. The third-order valence-electron chi connectivity index (χ3n) is 2.52. The maximum atomic E-state index is 5.27. The van der Waals surface area contributed by atoms with Crippen molar-refractivity contribution in [2.45, 2.75) is 58.7 Å². The summed E-state index contributed by atoms with van der Waals surface area (Å²) >= 11 is 5.27. The average molecular weight is 215 g/mol. The van der Waals surface area contributed by atoms with Gasteiger partial charge in [-0.05, 0) is 45.8 Å². The van der Waals surface area contributed by atoms with E-state index in [2.05, 4.69) is 38.4 Å². The van der Waals surface area contributed by atoms with Crippen LogP contribution in [0.1, 0.15) is 47.0 Å². The summed E-state index contributed by atoms with van der Waals surface area (Å²) in [6.07, 6.45) is 3.53. The Hall–Kier alpha value is -0.350. The van der Waals surface area contributed by atoms with Crippen molar-refractivity contribution in [3.05, 3.63) is 0 Å². The first-order valence-electron chi connectivity index (χ1n) is 5.37. The Morgan fingerprint density at radius 2 is 2.14 bits per heavy atom. The molecule has 1 heterocycles. The molecule has 3 nitrogen and oxygen atoms in total. The molecule has 1 aliphatic heterocycles. The lowest BCUT2D eigenvalue weighted by atomic mass is 10.1. The predicted molar refractivity (Wildman–Crippen MR) is 63.8 cm³/mol. The molecule has 2 N–H and O–H groups in total. The Morgan fingerprint density at radius 3 is 2.57 bits per heavy atom. The smallest absolute Gasteiger partial charge is 0.185 e. The number of unbranched alkanes of at least 4 members (excludes halogenated alkanes) is 1. The van der Waals surface area contributed by atoms with Gasteiger partial charge < -0.3 is 5.32 Å². The van der Waals surface area contributed by atoms with Gasteiger partial charge in [-0.2, -0.15) is 0 Å². The zero-order chi connectivity index (χ0) is 10.8. The van der Waals surface area contributed by atoms with Crippen molar-refractivity contribution < 1.29 is 0 Å². The molecule has 1 fully saturated rings. The normalized spacial score (nSPS) is 27.2. The third-order valence-corrected chi connectivity index (χ3v) is 2.81. The maximum absolute atomic E-state index is 5.27. The first kappa shape index (κ1) is 11.7. The van der Waals surface area contributed by atoms with Crippen LogP contribution in [-0.2, 0) is 0 Å². The van der Waals surface area contributed by atoms with Gasteiger partial charge in [0.05, 0.1) is 0 Å². The molecule has 0 saturated carbocycles. The van der Waals surface area contributed by atoms with E-state index >= 15 is 0 Å². The number of thiocarbonyl (C=S) groups is 1. The first-order valence-corrected chi connectivity index (χ1v) is 5.78. The Kier molecular flexibility index (Phi) is 3.72. The molecule has 1 atom stereocenters. The maximum Gasteiger partial charge on any atom is 0.185 e. The van der Waals surface area contributed by atoms with Crippen molar-refractivity contribution in [3.8, 4) is 0 Å². The van der Waals surface area contributed by atoms with Gasteiger partial charge >= 0.3 is 0 Å². The van der Waals surface area contributed by atoms with Crippen molar-refractivity contribution in [3.63, 3.8) is 0 Å². The number of hydrogen-bond donors (Lipinski definition) is 2. The molecule has 0 amide bonds. The highest BCUT2D eigenvalue weighted by Crippen LogP contribution is 2.18. The molecule has 0 aromatic carbocycles. The number of nitrogens with one attached hydrogen (secondary N) is 2. The van der Waals surface area contributed by atoms with Crippen molar-refractivity contribution in [2.24, 2.45) is 0 Å². The van der Waals surface area contributed by atoms with Crippen molar-refractivity contribution >= 4 is 17.3 Å². The molecule has 0 aliphatic carbocycles. The lowest BCUT2D eigenvalue weighted by Gasteiger charge is -2.27. The van der Waals surface area contributed by atoms with E-state index < -0.39 is 0 Å². The van der Waals surface area contributed by atoms with E-state index in [1.165, 1.54) is 12.8 Å². The SMILES string of the molecule is CCCC[C@@]1(C)NC(=S)N(C(C)C)N1. The molecule has 0 radical (unpaired) electrons. The van der Waals surface area contributed by atoms with E-state index in [0.717, 1.165) is 11.5 Å². The van der Waals surface area contributed by atoms with Crippen LogP contribution in [0.25, 0.3) is 0 Å². The van der Waals surface area contributed by atoms with Gasteiger partial charge in [0.15, 0.2) is 5.11 Å². The van der Waals surface area contributed by atoms with Gasteiger partial charge in [0.25, 0.3) is 0 Å². The monoisotopic (exact) mass is 215 g/mol. The molecule has 4 heteroatoms. The van der Waals surface area contributed by atoms with Crippen LogP contribution in [0.5, 0.6) is 0 Å². The van der Waals surface area contributed by atoms with Gasteiger partial charge in [-0.1, -0.05) is 13.3 Å². The van der Waals surface area contributed by atoms with E-state index in [4.69, 9.17) is 12.2 Å². The Balaban J connectivity index is 2.56. The van der Waals surface area contributed by atoms with Gasteiger partial charge in [-0.15, -0.1) is 0 Å². The summed E-state index contributed by atoms with van der Waals surface area (Å²) in [6.45, 7) is 8.63. The third kappa shape index (κ3) is 2.58. The van der Waals surface area contributed by atoms with E-state index in [1.807, 2.05) is 5.01 Å². The quantitative estimate of drug-likeness (QED) is 0.701. The fourth-order valence-electron chi connectivity index (χ4n) is 1.65. The molecule has 0 unspecified atom stereocenters. The minimum atomic E-state index is -0.0443. The predicted octanol–water partition coefficient (Wildman–Crippen LogP) is 2.00. The minimum absolute atomic E-state index is 0.0443. The summed E-state index contributed by atoms with van der Waals surface area (Å²) < 4.78 is 0. The molecule has 0 aromatic heterocycles. The molecule has 0 spiro atoms. The van der Waals surface area contributed by atoms with Gasteiger partial charge in [0, 0.05) is 6.04 Å². The van der Waals surface area contributed by atoms with Crippen LogP contribution in [0.15, 0.2) is 0 Å². The summed E-state index contributed by atoms with van der Waals surface area (Å²) in [5.74, 6) is 0. The fraction of sp³-hybridized carbons (Fsp3) is 0.900. The molecule has 14 heavy (non-hydrogen) atoms. The van der Waals surface area contributed by atoms with Crippen LogP contribution in [0.2, 0.25) is 0 Å². The molecular weight excluding hydrogens is 194 g/mol. The van der Waals surface area contributed by atoms with Crippen LogP contribution in [0.3, 0.4) is 0 Å². The number of rotatable bonds is 4. The summed E-state index contributed by atoms with van der Waals surface area (Å²) in [6, 6.07) is 0.401. The fourth-order valence-corrected chi connectivity index (χ4v) is 2.13. The van der Waals surface area contributed by atoms with Crippen LogP contribution in [0, 0.1) is 0 Å². The van der Waals surface area contributed by atoms with Crippen LogP contribution in [0.4, 0.5) is 0 Å². The topological polar surface area (TPSA) is 27.3 Å². The van der Waals surface area contributed by atoms with Crippen molar-refractivity contribution in [1.82, 2.24) is 15.8 Å². The average Bonchev–Trinajstić information content (AvgIpc) is 2.39. The highest BCUT2D eigenvalue weighted by Gasteiger charge is 2.35. The van der Waals surface area contributed by atoms with Crippen LogP contribution >= 0.6 is 12.2 Å². The zero-order valence-electron chi connectivity index (χ0n) is 9.55. The van der Waals surface area contributed by atoms with Crippen molar-refractivity contribution in [2.75, 3.05) is 0 Å². The Bertz CT molecular complexity index is 217. The van der Waals surface area contributed by atoms with E-state index in [0.29, 0.717) is 6.04 Å².